The van der Waals surface area contributed by atoms with Crippen LogP contribution in [0, 0.1) is 0 Å². The first-order valence-corrected chi connectivity index (χ1v) is 6.24. The molecule has 1 atom stereocenters. The van der Waals surface area contributed by atoms with Gasteiger partial charge in [0.2, 0.25) is 5.91 Å². The second-order valence-corrected chi connectivity index (χ2v) is 5.83. The van der Waals surface area contributed by atoms with E-state index in [2.05, 4.69) is 5.32 Å². The van der Waals surface area contributed by atoms with Crippen molar-refractivity contribution in [1.29, 1.82) is 0 Å². The van der Waals surface area contributed by atoms with Crippen LogP contribution in [-0.2, 0) is 4.79 Å². The first-order chi connectivity index (χ1) is 6.50. The summed E-state index contributed by atoms with van der Waals surface area (Å²) in [5.74, 6) is 1.18. The number of hydrogen-bond donors (Lipinski definition) is 2. The van der Waals surface area contributed by atoms with Crippen molar-refractivity contribution in [3.8, 4) is 0 Å². The molecule has 0 radical (unpaired) electrons. The Balaban J connectivity index is 2.22. The van der Waals surface area contributed by atoms with Crippen molar-refractivity contribution < 1.29 is 4.79 Å². The van der Waals surface area contributed by atoms with Crippen LogP contribution in [-0.4, -0.2) is 29.0 Å². The predicted molar refractivity (Wildman–Crippen MR) is 61.4 cm³/mol. The van der Waals surface area contributed by atoms with E-state index in [0.29, 0.717) is 5.25 Å². The van der Waals surface area contributed by atoms with Crippen LogP contribution >= 0.6 is 11.8 Å². The zero-order valence-corrected chi connectivity index (χ0v) is 9.82. The molecule has 3 nitrogen and oxygen atoms in total. The molecule has 1 saturated heterocycles. The Morgan fingerprint density at radius 2 is 2.29 bits per heavy atom. The van der Waals surface area contributed by atoms with Crippen molar-refractivity contribution in [2.45, 2.75) is 43.9 Å². The van der Waals surface area contributed by atoms with E-state index in [1.165, 1.54) is 25.0 Å². The molecule has 0 saturated carbocycles. The van der Waals surface area contributed by atoms with Gasteiger partial charge < -0.3 is 11.1 Å². The van der Waals surface area contributed by atoms with E-state index >= 15 is 0 Å². The number of thioether (sulfide) groups is 1. The highest BCUT2D eigenvalue weighted by Gasteiger charge is 2.23. The van der Waals surface area contributed by atoms with Gasteiger partial charge in [0.05, 0.1) is 5.54 Å². The molecule has 3 N–H and O–H groups in total. The number of carbonyl (C=O) groups is 1. The summed E-state index contributed by atoms with van der Waals surface area (Å²) in [4.78, 5) is 11.5. The topological polar surface area (TPSA) is 55.1 Å². The molecule has 0 aromatic rings. The molecule has 1 aliphatic heterocycles. The number of nitrogens with one attached hydrogen (secondary N) is 1. The van der Waals surface area contributed by atoms with Crippen LogP contribution in [0.2, 0.25) is 0 Å². The summed E-state index contributed by atoms with van der Waals surface area (Å²) in [5.41, 5.74) is 4.93. The van der Waals surface area contributed by atoms with Gasteiger partial charge in [-0.1, -0.05) is 6.42 Å². The highest BCUT2D eigenvalue weighted by Crippen LogP contribution is 2.24. The van der Waals surface area contributed by atoms with E-state index in [1.807, 2.05) is 11.8 Å². The minimum absolute atomic E-state index is 0.0522. The first kappa shape index (κ1) is 11.9. The minimum Gasteiger partial charge on any atom is -0.353 e. The number of carbonyl (C=O) groups excluding carboxylic acids is 1. The monoisotopic (exact) mass is 216 g/mol. The second-order valence-electron chi connectivity index (χ2n) is 4.42. The van der Waals surface area contributed by atoms with Crippen molar-refractivity contribution >= 4 is 17.7 Å². The molecule has 1 amide bonds. The lowest BCUT2D eigenvalue weighted by Crippen LogP contribution is -2.50. The van der Waals surface area contributed by atoms with Crippen LogP contribution < -0.4 is 11.1 Å². The van der Waals surface area contributed by atoms with Crippen molar-refractivity contribution in [2.24, 2.45) is 5.73 Å². The Morgan fingerprint density at radius 3 is 2.79 bits per heavy atom. The van der Waals surface area contributed by atoms with Gasteiger partial charge in [0.1, 0.15) is 0 Å². The highest BCUT2D eigenvalue weighted by atomic mass is 32.2. The van der Waals surface area contributed by atoms with Crippen LogP contribution in [0.15, 0.2) is 0 Å². The van der Waals surface area contributed by atoms with Gasteiger partial charge in [0.15, 0.2) is 0 Å². The molecular weight excluding hydrogens is 196 g/mol. The van der Waals surface area contributed by atoms with Crippen molar-refractivity contribution in [3.05, 3.63) is 0 Å². The van der Waals surface area contributed by atoms with Gasteiger partial charge in [-0.2, -0.15) is 11.8 Å². The molecule has 0 aromatic heterocycles. The summed E-state index contributed by atoms with van der Waals surface area (Å²) < 4.78 is 0. The Labute approximate surface area is 90.2 Å². The van der Waals surface area contributed by atoms with Gasteiger partial charge in [-0.15, -0.1) is 0 Å². The largest absolute Gasteiger partial charge is 0.353 e. The number of rotatable bonds is 3. The molecule has 1 fully saturated rings. The summed E-state index contributed by atoms with van der Waals surface area (Å²) in [6.45, 7) is 4.23. The lowest BCUT2D eigenvalue weighted by Gasteiger charge is -2.24. The summed E-state index contributed by atoms with van der Waals surface area (Å²) in [5, 5.41) is 3.50. The molecule has 0 bridgehead atoms. The third-order valence-corrected chi connectivity index (χ3v) is 3.75. The highest BCUT2D eigenvalue weighted by molar-refractivity contribution is 7.99. The van der Waals surface area contributed by atoms with E-state index in [4.69, 9.17) is 5.73 Å². The van der Waals surface area contributed by atoms with E-state index < -0.39 is 5.54 Å². The Kier molecular flexibility index (Phi) is 4.26. The normalized spacial score (nSPS) is 23.2. The van der Waals surface area contributed by atoms with Crippen molar-refractivity contribution in [2.75, 3.05) is 12.3 Å². The molecule has 1 aliphatic rings. The van der Waals surface area contributed by atoms with Gasteiger partial charge in [-0.05, 0) is 32.4 Å². The summed E-state index contributed by atoms with van der Waals surface area (Å²) >= 11 is 1.96. The van der Waals surface area contributed by atoms with Crippen molar-refractivity contribution in [1.82, 2.24) is 5.32 Å². The van der Waals surface area contributed by atoms with Gasteiger partial charge in [-0.25, -0.2) is 0 Å². The molecule has 1 heterocycles. The van der Waals surface area contributed by atoms with Gasteiger partial charge in [0, 0.05) is 11.8 Å². The van der Waals surface area contributed by atoms with E-state index in [1.54, 1.807) is 13.8 Å². The van der Waals surface area contributed by atoms with Gasteiger partial charge in [-0.3, -0.25) is 4.79 Å². The fraction of sp³-hybridized carbons (Fsp3) is 0.900. The fourth-order valence-electron chi connectivity index (χ4n) is 1.40. The molecule has 4 heteroatoms. The predicted octanol–water partition coefficient (Wildman–Crippen LogP) is 1.13. The summed E-state index contributed by atoms with van der Waals surface area (Å²) in [6, 6.07) is 0. The van der Waals surface area contributed by atoms with Crippen LogP contribution in [0.5, 0.6) is 0 Å². The van der Waals surface area contributed by atoms with Crippen LogP contribution in [0.4, 0.5) is 0 Å². The second kappa shape index (κ2) is 5.03. The lowest BCUT2D eigenvalue weighted by atomic mass is 10.1. The fourth-order valence-corrected chi connectivity index (χ4v) is 2.64. The quantitative estimate of drug-likeness (QED) is 0.743. The van der Waals surface area contributed by atoms with Gasteiger partial charge in [0.25, 0.3) is 0 Å². The van der Waals surface area contributed by atoms with Crippen LogP contribution in [0.25, 0.3) is 0 Å². The van der Waals surface area contributed by atoms with E-state index in [0.717, 1.165) is 6.54 Å². The van der Waals surface area contributed by atoms with Gasteiger partial charge >= 0.3 is 0 Å². The average molecular weight is 216 g/mol. The molecule has 0 aromatic carbocycles. The maximum atomic E-state index is 11.5. The Morgan fingerprint density at radius 1 is 1.57 bits per heavy atom. The number of nitrogens with two attached hydrogens (primary N) is 1. The van der Waals surface area contributed by atoms with Crippen LogP contribution in [0.3, 0.4) is 0 Å². The SMILES string of the molecule is CC(C)(N)C(=O)NCC1CCCCS1. The van der Waals surface area contributed by atoms with E-state index in [-0.39, 0.29) is 5.91 Å². The van der Waals surface area contributed by atoms with E-state index in [9.17, 15) is 4.79 Å². The molecule has 0 spiro atoms. The molecule has 82 valence electrons. The zero-order chi connectivity index (χ0) is 10.6. The Bertz CT molecular complexity index is 195. The van der Waals surface area contributed by atoms with Crippen LogP contribution in [0.1, 0.15) is 33.1 Å². The molecule has 1 rings (SSSR count). The number of amides is 1. The van der Waals surface area contributed by atoms with Crippen molar-refractivity contribution in [3.63, 3.8) is 0 Å². The summed E-state index contributed by atoms with van der Waals surface area (Å²) in [7, 11) is 0. The smallest absolute Gasteiger partial charge is 0.239 e. The summed E-state index contributed by atoms with van der Waals surface area (Å²) in [6.07, 6.45) is 3.83. The Hall–Kier alpha value is -0.220. The lowest BCUT2D eigenvalue weighted by molar-refractivity contribution is -0.125. The third kappa shape index (κ3) is 3.88. The minimum atomic E-state index is -0.751. The molecule has 14 heavy (non-hydrogen) atoms. The standard InChI is InChI=1S/C10H20N2OS/c1-10(2,11)9(13)12-7-8-5-3-4-6-14-8/h8H,3-7,11H2,1-2H3,(H,12,13). The average Bonchev–Trinajstić information content (AvgIpc) is 2.14. The molecular formula is C10H20N2OS. The first-order valence-electron chi connectivity index (χ1n) is 5.19. The maximum absolute atomic E-state index is 11.5. The third-order valence-electron chi connectivity index (χ3n) is 2.35. The molecule has 0 aliphatic carbocycles. The molecule has 1 unspecified atom stereocenters. The number of hydrogen-bond acceptors (Lipinski definition) is 3. The maximum Gasteiger partial charge on any atom is 0.239 e. The zero-order valence-electron chi connectivity index (χ0n) is 9.01.